The lowest BCUT2D eigenvalue weighted by molar-refractivity contribution is 0.133. The van der Waals surface area contributed by atoms with Gasteiger partial charge in [-0.2, -0.15) is 0 Å². The van der Waals surface area contributed by atoms with Gasteiger partial charge in [-0.1, -0.05) is 26.8 Å². The molecule has 3 N–H and O–H groups in total. The quantitative estimate of drug-likeness (QED) is 0.861. The largest absolute Gasteiger partial charge is 0.329 e. The highest BCUT2D eigenvalue weighted by atomic mass is 32.1. The van der Waals surface area contributed by atoms with Gasteiger partial charge in [0.1, 0.15) is 0 Å². The Labute approximate surface area is 128 Å². The Bertz CT molecular complexity index is 372. The van der Waals surface area contributed by atoms with Crippen LogP contribution in [0.15, 0.2) is 17.5 Å². The maximum atomic E-state index is 6.00. The molecule has 1 unspecified atom stereocenters. The Morgan fingerprint density at radius 1 is 1.30 bits per heavy atom. The van der Waals surface area contributed by atoms with Crippen LogP contribution in [-0.4, -0.2) is 12.6 Å². The molecular weight excluding hydrogens is 264 g/mol. The molecule has 1 aliphatic rings. The van der Waals surface area contributed by atoms with Crippen LogP contribution in [-0.2, 0) is 6.54 Å². The third-order valence-corrected chi connectivity index (χ3v) is 5.81. The standard InChI is InChI=1S/C17H30N2S/c1-17(2,3)14-8-6-13(7-9-14)16(11-18)19-12-15-5-4-10-20-15/h4-5,10,13-14,16,19H,6-9,11-12,18H2,1-3H3. The molecule has 3 heteroatoms. The lowest BCUT2D eigenvalue weighted by Crippen LogP contribution is -2.43. The molecule has 0 aromatic carbocycles. The molecule has 20 heavy (non-hydrogen) atoms. The molecule has 114 valence electrons. The van der Waals surface area contributed by atoms with E-state index in [2.05, 4.69) is 43.6 Å². The minimum absolute atomic E-state index is 0.466. The van der Waals surface area contributed by atoms with Crippen molar-refractivity contribution in [3.63, 3.8) is 0 Å². The lowest BCUT2D eigenvalue weighted by atomic mass is 9.68. The molecule has 1 aromatic rings. The summed E-state index contributed by atoms with van der Waals surface area (Å²) in [6, 6.07) is 4.80. The molecule has 1 fully saturated rings. The van der Waals surface area contributed by atoms with E-state index in [0.29, 0.717) is 11.5 Å². The third kappa shape index (κ3) is 4.31. The third-order valence-electron chi connectivity index (χ3n) is 4.94. The highest BCUT2D eigenvalue weighted by Gasteiger charge is 2.32. The van der Waals surface area contributed by atoms with Crippen molar-refractivity contribution in [3.8, 4) is 0 Å². The van der Waals surface area contributed by atoms with Gasteiger partial charge in [-0.15, -0.1) is 11.3 Å². The smallest absolute Gasteiger partial charge is 0.0302 e. The molecule has 0 bridgehead atoms. The second-order valence-electron chi connectivity index (χ2n) is 7.28. The maximum Gasteiger partial charge on any atom is 0.0302 e. The van der Waals surface area contributed by atoms with Crippen molar-refractivity contribution in [2.75, 3.05) is 6.54 Å². The predicted molar refractivity (Wildman–Crippen MR) is 88.9 cm³/mol. The van der Waals surface area contributed by atoms with Crippen LogP contribution in [0, 0.1) is 17.3 Å². The Morgan fingerprint density at radius 2 is 2.00 bits per heavy atom. The Kier molecular flexibility index (Phi) is 5.65. The fourth-order valence-electron chi connectivity index (χ4n) is 3.47. The lowest BCUT2D eigenvalue weighted by Gasteiger charge is -2.39. The monoisotopic (exact) mass is 294 g/mol. The van der Waals surface area contributed by atoms with Crippen LogP contribution < -0.4 is 11.1 Å². The second-order valence-corrected chi connectivity index (χ2v) is 8.31. The molecule has 0 spiro atoms. The first-order chi connectivity index (χ1) is 9.50. The second kappa shape index (κ2) is 7.06. The summed E-state index contributed by atoms with van der Waals surface area (Å²) in [5.41, 5.74) is 6.47. The van der Waals surface area contributed by atoms with Gasteiger partial charge in [0.05, 0.1) is 0 Å². The number of rotatable bonds is 5. The number of hydrogen-bond acceptors (Lipinski definition) is 3. The number of hydrogen-bond donors (Lipinski definition) is 2. The topological polar surface area (TPSA) is 38.0 Å². The highest BCUT2D eigenvalue weighted by Crippen LogP contribution is 2.40. The van der Waals surface area contributed by atoms with Gasteiger partial charge < -0.3 is 11.1 Å². The number of nitrogens with one attached hydrogen (secondary N) is 1. The SMILES string of the molecule is CC(C)(C)C1CCC(C(CN)NCc2cccs2)CC1. The van der Waals surface area contributed by atoms with E-state index >= 15 is 0 Å². The summed E-state index contributed by atoms with van der Waals surface area (Å²) in [5, 5.41) is 5.82. The van der Waals surface area contributed by atoms with E-state index in [0.717, 1.165) is 24.9 Å². The van der Waals surface area contributed by atoms with Crippen molar-refractivity contribution >= 4 is 11.3 Å². The molecular formula is C17H30N2S. The Morgan fingerprint density at radius 3 is 2.50 bits per heavy atom. The predicted octanol–water partition coefficient (Wildman–Crippen LogP) is 4.02. The van der Waals surface area contributed by atoms with E-state index in [-0.39, 0.29) is 0 Å². The van der Waals surface area contributed by atoms with Crippen molar-refractivity contribution in [2.45, 2.75) is 59.0 Å². The van der Waals surface area contributed by atoms with Gasteiger partial charge >= 0.3 is 0 Å². The van der Waals surface area contributed by atoms with Gasteiger partial charge in [0, 0.05) is 24.0 Å². The van der Waals surface area contributed by atoms with Gasteiger partial charge in [0.15, 0.2) is 0 Å². The van der Waals surface area contributed by atoms with E-state index in [1.807, 2.05) is 11.3 Å². The van der Waals surface area contributed by atoms with Crippen LogP contribution in [0.25, 0.3) is 0 Å². The van der Waals surface area contributed by atoms with Crippen molar-refractivity contribution in [1.82, 2.24) is 5.32 Å². The summed E-state index contributed by atoms with van der Waals surface area (Å²) < 4.78 is 0. The Hall–Kier alpha value is -0.380. The number of thiophene rings is 1. The molecule has 1 atom stereocenters. The molecule has 1 aliphatic carbocycles. The first-order valence-corrected chi connectivity index (χ1v) is 8.84. The maximum absolute atomic E-state index is 6.00. The van der Waals surface area contributed by atoms with Gasteiger partial charge in [-0.25, -0.2) is 0 Å². The van der Waals surface area contributed by atoms with E-state index in [4.69, 9.17) is 5.73 Å². The fourth-order valence-corrected chi connectivity index (χ4v) is 4.13. The molecule has 2 nitrogen and oxygen atoms in total. The average Bonchev–Trinajstić information content (AvgIpc) is 2.92. The normalized spacial score (nSPS) is 25.6. The first kappa shape index (κ1) is 16.0. The molecule has 2 rings (SSSR count). The minimum Gasteiger partial charge on any atom is -0.329 e. The molecule has 0 aliphatic heterocycles. The molecule has 0 saturated heterocycles. The van der Waals surface area contributed by atoms with Crippen LogP contribution in [0.5, 0.6) is 0 Å². The minimum atomic E-state index is 0.466. The molecule has 1 heterocycles. The van der Waals surface area contributed by atoms with Crippen LogP contribution in [0.1, 0.15) is 51.3 Å². The van der Waals surface area contributed by atoms with Crippen LogP contribution in [0.3, 0.4) is 0 Å². The Balaban J connectivity index is 1.81. The average molecular weight is 295 g/mol. The highest BCUT2D eigenvalue weighted by molar-refractivity contribution is 7.09. The van der Waals surface area contributed by atoms with Crippen LogP contribution in [0.4, 0.5) is 0 Å². The summed E-state index contributed by atoms with van der Waals surface area (Å²) in [6.45, 7) is 8.88. The molecule has 1 aromatic heterocycles. The van der Waals surface area contributed by atoms with Gasteiger partial charge in [-0.05, 0) is 54.4 Å². The van der Waals surface area contributed by atoms with Crippen LogP contribution >= 0.6 is 11.3 Å². The zero-order chi connectivity index (χ0) is 14.6. The molecule has 0 radical (unpaired) electrons. The van der Waals surface area contributed by atoms with E-state index in [1.165, 1.54) is 30.6 Å². The zero-order valence-electron chi connectivity index (χ0n) is 13.2. The number of nitrogens with two attached hydrogens (primary N) is 1. The van der Waals surface area contributed by atoms with Crippen molar-refractivity contribution in [1.29, 1.82) is 0 Å². The molecule has 0 amide bonds. The summed E-state index contributed by atoms with van der Waals surface area (Å²) >= 11 is 1.82. The van der Waals surface area contributed by atoms with E-state index < -0.39 is 0 Å². The van der Waals surface area contributed by atoms with E-state index in [9.17, 15) is 0 Å². The molecule has 1 saturated carbocycles. The van der Waals surface area contributed by atoms with Crippen molar-refractivity contribution in [2.24, 2.45) is 23.0 Å². The fraction of sp³-hybridized carbons (Fsp3) is 0.765. The van der Waals surface area contributed by atoms with Gasteiger partial charge in [0.25, 0.3) is 0 Å². The van der Waals surface area contributed by atoms with E-state index in [1.54, 1.807) is 0 Å². The van der Waals surface area contributed by atoms with Crippen molar-refractivity contribution < 1.29 is 0 Å². The van der Waals surface area contributed by atoms with Crippen molar-refractivity contribution in [3.05, 3.63) is 22.4 Å². The summed E-state index contributed by atoms with van der Waals surface area (Å²) in [7, 11) is 0. The first-order valence-electron chi connectivity index (χ1n) is 7.96. The summed E-state index contributed by atoms with van der Waals surface area (Å²) in [6.07, 6.45) is 5.40. The van der Waals surface area contributed by atoms with Gasteiger partial charge in [0.2, 0.25) is 0 Å². The summed E-state index contributed by atoms with van der Waals surface area (Å²) in [4.78, 5) is 1.41. The summed E-state index contributed by atoms with van der Waals surface area (Å²) in [5.74, 6) is 1.65. The van der Waals surface area contributed by atoms with Gasteiger partial charge in [-0.3, -0.25) is 0 Å². The van der Waals surface area contributed by atoms with Crippen LogP contribution in [0.2, 0.25) is 0 Å². The zero-order valence-corrected chi connectivity index (χ0v) is 14.0.